The van der Waals surface area contributed by atoms with Gasteiger partial charge in [-0.15, -0.1) is 0 Å². The van der Waals surface area contributed by atoms with Gasteiger partial charge in [0.25, 0.3) is 0 Å². The molecule has 0 aliphatic carbocycles. The Bertz CT molecular complexity index is 35.9. The van der Waals surface area contributed by atoms with Gasteiger partial charge in [0.15, 0.2) is 0 Å². The van der Waals surface area contributed by atoms with Crippen molar-refractivity contribution in [3.63, 3.8) is 0 Å². The number of aliphatic carboxylic acids is 1. The molecule has 0 heterocycles. The molecule has 2 nitrogen and oxygen atoms in total. The summed E-state index contributed by atoms with van der Waals surface area (Å²) in [6, 6.07) is 0. The topological polar surface area (TPSA) is 40.1 Å². The van der Waals surface area contributed by atoms with Crippen molar-refractivity contribution in [2.24, 2.45) is 0 Å². The van der Waals surface area contributed by atoms with Gasteiger partial charge in [-0.05, 0) is 6.92 Å². The van der Waals surface area contributed by atoms with Gasteiger partial charge in [-0.2, -0.15) is 0 Å². The van der Waals surface area contributed by atoms with Crippen LogP contribution in [0.5, 0.6) is 0 Å². The first-order chi connectivity index (χ1) is 2.73. The number of rotatable bonds is 0. The van der Waals surface area contributed by atoms with Crippen LogP contribution in [0.3, 0.4) is 0 Å². The molecule has 0 bridgehead atoms. The van der Waals surface area contributed by atoms with E-state index in [0.29, 0.717) is 0 Å². The third kappa shape index (κ3) is 418. The van der Waals surface area contributed by atoms with Crippen molar-refractivity contribution in [3.05, 3.63) is 7.43 Å². The Labute approximate surface area is 60.3 Å². The number of halogens is 1. The van der Waals surface area contributed by atoms with Gasteiger partial charge in [0, 0.05) is 5.97 Å². The zero-order valence-corrected chi connectivity index (χ0v) is 8.95. The third-order valence-corrected chi connectivity index (χ3v) is 0. The standard InChI is InChI=1S/C2H4O2.CH3.BrH.Zn/c1-2(3)4;;;/h1H3,(H,3,4);1H3;1H;/q;-1;;+2/p-2. The van der Waals surface area contributed by atoms with Crippen LogP contribution in [0, 0.1) is 7.43 Å². The van der Waals surface area contributed by atoms with Crippen LogP contribution < -0.4 is 5.11 Å². The molecule has 0 amide bonds. The van der Waals surface area contributed by atoms with E-state index in [9.17, 15) is 0 Å². The van der Waals surface area contributed by atoms with Crippen LogP contribution in [0.1, 0.15) is 6.92 Å². The summed E-state index contributed by atoms with van der Waals surface area (Å²) < 4.78 is 0. The summed E-state index contributed by atoms with van der Waals surface area (Å²) in [5.41, 5.74) is 0. The summed E-state index contributed by atoms with van der Waals surface area (Å²) in [4.78, 5) is 8.89. The molecular weight excluding hydrogens is 213 g/mol. The van der Waals surface area contributed by atoms with E-state index in [4.69, 9.17) is 9.90 Å². The van der Waals surface area contributed by atoms with Crippen LogP contribution in [0.15, 0.2) is 0 Å². The predicted octanol–water partition coefficient (Wildman–Crippen LogP) is 0.0496. The van der Waals surface area contributed by atoms with E-state index in [-0.39, 0.29) is 7.43 Å². The molecule has 0 aliphatic heterocycles. The van der Waals surface area contributed by atoms with E-state index in [1.54, 1.807) is 0 Å². The maximum absolute atomic E-state index is 8.89. The fourth-order valence-electron chi connectivity index (χ4n) is 0. The Morgan fingerprint density at radius 3 is 1.71 bits per heavy atom. The SMILES string of the molecule is CC(=O)[O-].[CH3-].[Zn+][Br]. The normalized spacial score (nSPS) is 4.57. The van der Waals surface area contributed by atoms with Crippen molar-refractivity contribution < 1.29 is 26.2 Å². The molecule has 0 radical (unpaired) electrons. The maximum atomic E-state index is 8.89. The Balaban J connectivity index is -0.0000000480. The molecule has 7 heavy (non-hydrogen) atoms. The van der Waals surface area contributed by atoms with Gasteiger partial charge in [-0.1, -0.05) is 0 Å². The molecule has 0 fully saturated rings. The van der Waals surface area contributed by atoms with Gasteiger partial charge in [0.2, 0.25) is 0 Å². The van der Waals surface area contributed by atoms with E-state index >= 15 is 0 Å². The quantitative estimate of drug-likeness (QED) is 0.427. The van der Waals surface area contributed by atoms with E-state index in [0.717, 1.165) is 6.92 Å². The van der Waals surface area contributed by atoms with Crippen molar-refractivity contribution in [1.82, 2.24) is 0 Å². The zero-order chi connectivity index (χ0) is 5.58. The van der Waals surface area contributed by atoms with Crippen LogP contribution in [-0.4, -0.2) is 5.97 Å². The number of hydrogen-bond donors (Lipinski definition) is 0. The van der Waals surface area contributed by atoms with Gasteiger partial charge in [0.1, 0.15) is 0 Å². The second-order valence-electron chi connectivity index (χ2n) is 0.492. The first-order valence-electron chi connectivity index (χ1n) is 1.18. The summed E-state index contributed by atoms with van der Waals surface area (Å²) in [5.74, 6) is -1.08. The molecule has 0 atom stereocenters. The molecule has 0 N–H and O–H groups in total. The van der Waals surface area contributed by atoms with Gasteiger partial charge >= 0.3 is 30.0 Å². The van der Waals surface area contributed by atoms with Gasteiger partial charge < -0.3 is 17.3 Å². The first kappa shape index (κ1) is 15.6. The van der Waals surface area contributed by atoms with Gasteiger partial charge in [-0.3, -0.25) is 0 Å². The monoisotopic (exact) mass is 217 g/mol. The first-order valence-corrected chi connectivity index (χ1v) is 8.12. The fourth-order valence-corrected chi connectivity index (χ4v) is 0. The zero-order valence-electron chi connectivity index (χ0n) is 4.40. The van der Waals surface area contributed by atoms with E-state index in [1.165, 1.54) is 16.3 Å². The molecule has 0 saturated carbocycles. The summed E-state index contributed by atoms with van der Waals surface area (Å²) in [5, 5.41) is 8.89. The number of carbonyl (C=O) groups is 1. The third-order valence-electron chi connectivity index (χ3n) is 0. The summed E-state index contributed by atoms with van der Waals surface area (Å²) in [6.07, 6.45) is 0. The Kier molecular flexibility index (Phi) is 35.7. The Hall–Kier alpha value is 0.573. The predicted molar refractivity (Wildman–Crippen MR) is 26.0 cm³/mol. The molecule has 0 saturated heterocycles. The summed E-state index contributed by atoms with van der Waals surface area (Å²) in [7, 11) is 0. The van der Waals surface area contributed by atoms with E-state index in [2.05, 4.69) is 13.6 Å². The average Bonchev–Trinajstić information content (AvgIpc) is 1.41. The van der Waals surface area contributed by atoms with Gasteiger partial charge in [-0.25, -0.2) is 0 Å². The average molecular weight is 219 g/mol. The minimum atomic E-state index is -1.08. The molecule has 0 spiro atoms. The van der Waals surface area contributed by atoms with Crippen LogP contribution in [-0.2, 0) is 21.1 Å². The molecule has 0 rings (SSSR count). The second kappa shape index (κ2) is 16.0. The molecule has 0 aromatic heterocycles. The van der Waals surface area contributed by atoms with E-state index in [1.807, 2.05) is 0 Å². The molecule has 0 unspecified atom stereocenters. The minimum absolute atomic E-state index is 0. The van der Waals surface area contributed by atoms with Crippen LogP contribution in [0.25, 0.3) is 0 Å². The fraction of sp³-hybridized carbons (Fsp3) is 0.333. The number of carbonyl (C=O) groups excluding carboxylic acids is 1. The van der Waals surface area contributed by atoms with Crippen LogP contribution >= 0.6 is 13.6 Å². The van der Waals surface area contributed by atoms with Crippen LogP contribution in [0.4, 0.5) is 0 Å². The molecule has 0 aromatic rings. The van der Waals surface area contributed by atoms with Crippen molar-refractivity contribution >= 4 is 19.6 Å². The number of carboxylic acid groups (broad SMARTS) is 1. The van der Waals surface area contributed by atoms with Crippen molar-refractivity contribution in [2.45, 2.75) is 6.92 Å². The second-order valence-corrected chi connectivity index (χ2v) is 0.492. The molecular formula is C3H6BrO2Zn-. The van der Waals surface area contributed by atoms with Crippen molar-refractivity contribution in [1.29, 1.82) is 0 Å². The Morgan fingerprint density at radius 2 is 1.71 bits per heavy atom. The molecule has 4 heteroatoms. The van der Waals surface area contributed by atoms with Gasteiger partial charge in [0.05, 0.1) is 0 Å². The number of hydrogen-bond acceptors (Lipinski definition) is 2. The molecule has 40 valence electrons. The summed E-state index contributed by atoms with van der Waals surface area (Å²) in [6.45, 7) is 0.972. The Morgan fingerprint density at radius 1 is 1.71 bits per heavy atom. The van der Waals surface area contributed by atoms with Crippen molar-refractivity contribution in [2.75, 3.05) is 0 Å². The molecule has 0 aromatic carbocycles. The summed E-state index contributed by atoms with van der Waals surface area (Å²) >= 11 is 4.25. The number of carboxylic acids is 1. The van der Waals surface area contributed by atoms with E-state index < -0.39 is 5.97 Å². The van der Waals surface area contributed by atoms with Crippen molar-refractivity contribution in [3.8, 4) is 0 Å². The molecule has 0 aliphatic rings. The van der Waals surface area contributed by atoms with Crippen LogP contribution in [0.2, 0.25) is 0 Å².